The van der Waals surface area contributed by atoms with Crippen molar-refractivity contribution < 1.29 is 32.8 Å². The molecule has 0 unspecified atom stereocenters. The first-order chi connectivity index (χ1) is 10.1. The molecule has 10 heteroatoms. The van der Waals surface area contributed by atoms with E-state index in [4.69, 9.17) is 5.11 Å². The van der Waals surface area contributed by atoms with Crippen molar-refractivity contribution in [3.8, 4) is 0 Å². The van der Waals surface area contributed by atoms with E-state index in [1.54, 1.807) is 0 Å². The van der Waals surface area contributed by atoms with Crippen LogP contribution >= 0.6 is 0 Å². The Balaban J connectivity index is 3.17. The average molecular weight is 320 g/mol. The lowest BCUT2D eigenvalue weighted by atomic mass is 10.2. The van der Waals surface area contributed by atoms with Crippen LogP contribution in [0.1, 0.15) is 12.8 Å². The third-order valence-corrected chi connectivity index (χ3v) is 2.63. The molecule has 0 saturated carbocycles. The van der Waals surface area contributed by atoms with E-state index >= 15 is 0 Å². The maximum Gasteiger partial charge on any atom is 0.471 e. The van der Waals surface area contributed by atoms with Gasteiger partial charge in [0, 0.05) is 19.0 Å². The molecule has 1 amide bonds. The van der Waals surface area contributed by atoms with Crippen LogP contribution in [0, 0.1) is 10.1 Å². The van der Waals surface area contributed by atoms with Gasteiger partial charge in [-0.05, 0) is 12.5 Å². The van der Waals surface area contributed by atoms with Gasteiger partial charge in [-0.15, -0.1) is 0 Å². The minimum atomic E-state index is -5.23. The van der Waals surface area contributed by atoms with Crippen molar-refractivity contribution in [2.75, 3.05) is 11.4 Å². The van der Waals surface area contributed by atoms with Gasteiger partial charge in [0.25, 0.3) is 5.69 Å². The Labute approximate surface area is 122 Å². The first-order valence-corrected chi connectivity index (χ1v) is 5.98. The van der Waals surface area contributed by atoms with E-state index in [2.05, 4.69) is 0 Å². The molecule has 120 valence electrons. The molecule has 22 heavy (non-hydrogen) atoms. The van der Waals surface area contributed by atoms with E-state index in [0.717, 1.165) is 12.1 Å². The zero-order valence-electron chi connectivity index (χ0n) is 11.0. The predicted molar refractivity (Wildman–Crippen MR) is 68.4 cm³/mol. The number of carbonyl (C=O) groups is 2. The molecule has 1 N–H and O–H groups in total. The number of nitro groups is 1. The number of carboxylic acids is 1. The number of carbonyl (C=O) groups excluding carboxylic acids is 1. The molecule has 0 heterocycles. The average Bonchev–Trinajstić information content (AvgIpc) is 2.41. The molecule has 0 saturated heterocycles. The summed E-state index contributed by atoms with van der Waals surface area (Å²) < 4.78 is 37.9. The number of nitrogens with zero attached hydrogens (tertiary/aromatic N) is 2. The fraction of sp³-hybridized carbons (Fsp3) is 0.333. The molecule has 0 radical (unpaired) electrons. The zero-order chi connectivity index (χ0) is 16.9. The minimum absolute atomic E-state index is 0.182. The van der Waals surface area contributed by atoms with E-state index < -0.39 is 47.3 Å². The van der Waals surface area contributed by atoms with Crippen molar-refractivity contribution in [2.45, 2.75) is 19.0 Å². The van der Waals surface area contributed by atoms with Crippen molar-refractivity contribution in [3.63, 3.8) is 0 Å². The molecule has 1 aromatic rings. The smallest absolute Gasteiger partial charge is 0.471 e. The number of amides is 1. The number of nitro benzene ring substituents is 1. The van der Waals surface area contributed by atoms with E-state index in [9.17, 15) is 32.9 Å². The highest BCUT2D eigenvalue weighted by atomic mass is 19.4. The first-order valence-electron chi connectivity index (χ1n) is 5.98. The SMILES string of the molecule is O=C(O)CCCN(C(=O)C(F)(F)F)c1ccccc1[N+](=O)[O-]. The van der Waals surface area contributed by atoms with Crippen LogP contribution < -0.4 is 4.90 Å². The highest BCUT2D eigenvalue weighted by Gasteiger charge is 2.44. The summed E-state index contributed by atoms with van der Waals surface area (Å²) in [5, 5.41) is 19.4. The fourth-order valence-electron chi connectivity index (χ4n) is 1.72. The summed E-state index contributed by atoms with van der Waals surface area (Å²) in [5.41, 5.74) is -1.20. The summed E-state index contributed by atoms with van der Waals surface area (Å²) in [6.07, 6.45) is -5.97. The van der Waals surface area contributed by atoms with Crippen LogP contribution in [-0.4, -0.2) is 34.6 Å². The number of hydrogen-bond donors (Lipinski definition) is 1. The van der Waals surface area contributed by atoms with Crippen molar-refractivity contribution in [3.05, 3.63) is 34.4 Å². The molecule has 0 aliphatic carbocycles. The Morgan fingerprint density at radius 1 is 1.27 bits per heavy atom. The summed E-state index contributed by atoms with van der Waals surface area (Å²) in [7, 11) is 0. The van der Waals surface area contributed by atoms with Crippen molar-refractivity contribution in [2.24, 2.45) is 0 Å². The van der Waals surface area contributed by atoms with Gasteiger partial charge in [-0.2, -0.15) is 13.2 Å². The van der Waals surface area contributed by atoms with Gasteiger partial charge in [-0.3, -0.25) is 24.6 Å². The standard InChI is InChI=1S/C12H11F3N2O5/c13-12(14,15)11(20)16(7-3-6-10(18)19)8-4-1-2-5-9(8)17(21)22/h1-2,4-5H,3,6-7H2,(H,18,19). The van der Waals surface area contributed by atoms with Gasteiger partial charge in [-0.1, -0.05) is 12.1 Å². The number of rotatable bonds is 6. The lowest BCUT2D eigenvalue weighted by molar-refractivity contribution is -0.384. The zero-order valence-corrected chi connectivity index (χ0v) is 11.0. The van der Waals surface area contributed by atoms with Crippen LogP contribution in [-0.2, 0) is 9.59 Å². The van der Waals surface area contributed by atoms with E-state index in [0.29, 0.717) is 0 Å². The summed E-state index contributed by atoms with van der Waals surface area (Å²) in [5.74, 6) is -3.53. The van der Waals surface area contributed by atoms with Crippen molar-refractivity contribution >= 4 is 23.3 Å². The first kappa shape index (κ1) is 17.4. The quantitative estimate of drug-likeness (QED) is 0.640. The Morgan fingerprint density at radius 3 is 2.36 bits per heavy atom. The molecule has 0 aliphatic rings. The number of para-hydroxylation sites is 2. The van der Waals surface area contributed by atoms with Crippen LogP contribution in [0.2, 0.25) is 0 Å². The van der Waals surface area contributed by atoms with Crippen LogP contribution in [0.3, 0.4) is 0 Å². The Kier molecular flexibility index (Phi) is 5.44. The molecule has 1 aromatic carbocycles. The molecular formula is C12H11F3N2O5. The lowest BCUT2D eigenvalue weighted by Crippen LogP contribution is -2.42. The Hall–Kier alpha value is -2.65. The van der Waals surface area contributed by atoms with Crippen molar-refractivity contribution in [1.82, 2.24) is 0 Å². The molecule has 0 bridgehead atoms. The second-order valence-electron chi connectivity index (χ2n) is 4.20. The number of halogens is 3. The number of hydrogen-bond acceptors (Lipinski definition) is 4. The summed E-state index contributed by atoms with van der Waals surface area (Å²) in [6, 6.07) is 4.46. The normalized spacial score (nSPS) is 11.0. The lowest BCUT2D eigenvalue weighted by Gasteiger charge is -2.23. The van der Waals surface area contributed by atoms with E-state index in [1.165, 1.54) is 12.1 Å². The van der Waals surface area contributed by atoms with Gasteiger partial charge in [0.2, 0.25) is 0 Å². The topological polar surface area (TPSA) is 101 Å². The molecule has 0 fully saturated rings. The van der Waals surface area contributed by atoms with E-state index in [1.807, 2.05) is 0 Å². The second-order valence-corrected chi connectivity index (χ2v) is 4.20. The number of alkyl halides is 3. The van der Waals surface area contributed by atoms with E-state index in [-0.39, 0.29) is 11.3 Å². The Bertz CT molecular complexity index is 588. The van der Waals surface area contributed by atoms with Crippen LogP contribution in [0.5, 0.6) is 0 Å². The highest BCUT2D eigenvalue weighted by Crippen LogP contribution is 2.31. The molecule has 7 nitrogen and oxygen atoms in total. The predicted octanol–water partition coefficient (Wildman–Crippen LogP) is 2.35. The molecule has 0 spiro atoms. The van der Waals surface area contributed by atoms with Gasteiger partial charge in [0.1, 0.15) is 5.69 Å². The molecule has 1 rings (SSSR count). The molecular weight excluding hydrogens is 309 g/mol. The second kappa shape index (κ2) is 6.87. The van der Waals surface area contributed by atoms with Gasteiger partial charge in [0.15, 0.2) is 0 Å². The maximum atomic E-state index is 12.6. The number of anilines is 1. The fourth-order valence-corrected chi connectivity index (χ4v) is 1.72. The monoisotopic (exact) mass is 320 g/mol. The number of aliphatic carboxylic acids is 1. The van der Waals surface area contributed by atoms with Crippen LogP contribution in [0.4, 0.5) is 24.5 Å². The summed E-state index contributed by atoms with van der Waals surface area (Å²) in [4.78, 5) is 32.0. The van der Waals surface area contributed by atoms with Crippen molar-refractivity contribution in [1.29, 1.82) is 0 Å². The van der Waals surface area contributed by atoms with Crippen LogP contribution in [0.25, 0.3) is 0 Å². The largest absolute Gasteiger partial charge is 0.481 e. The van der Waals surface area contributed by atoms with Crippen LogP contribution in [0.15, 0.2) is 24.3 Å². The molecule has 0 atom stereocenters. The van der Waals surface area contributed by atoms with Gasteiger partial charge in [-0.25, -0.2) is 0 Å². The van der Waals surface area contributed by atoms with Gasteiger partial charge in [0.05, 0.1) is 4.92 Å². The van der Waals surface area contributed by atoms with Gasteiger partial charge >= 0.3 is 18.1 Å². The third kappa shape index (κ3) is 4.43. The van der Waals surface area contributed by atoms with Gasteiger partial charge < -0.3 is 5.11 Å². The molecule has 0 aliphatic heterocycles. The third-order valence-electron chi connectivity index (χ3n) is 2.63. The summed E-state index contributed by atoms with van der Waals surface area (Å²) in [6.45, 7) is -0.602. The number of carboxylic acid groups (broad SMARTS) is 1. The highest BCUT2D eigenvalue weighted by molar-refractivity contribution is 5.99. The molecule has 0 aromatic heterocycles. The summed E-state index contributed by atoms with van der Waals surface area (Å²) >= 11 is 0. The minimum Gasteiger partial charge on any atom is -0.481 e. The number of benzene rings is 1. The maximum absolute atomic E-state index is 12.6. The Morgan fingerprint density at radius 2 is 1.86 bits per heavy atom.